The van der Waals surface area contributed by atoms with Crippen LogP contribution in [0.1, 0.15) is 77.6 Å². The van der Waals surface area contributed by atoms with Crippen molar-refractivity contribution in [3.8, 4) is 0 Å². The molecule has 0 aromatic heterocycles. The molecule has 0 saturated carbocycles. The largest absolute Gasteiger partial charge is 0.310 e. The van der Waals surface area contributed by atoms with Crippen molar-refractivity contribution in [1.82, 2.24) is 0 Å². The van der Waals surface area contributed by atoms with Crippen LogP contribution in [0, 0.1) is 0 Å². The van der Waals surface area contributed by atoms with Gasteiger partial charge in [0.05, 0.1) is 17.1 Å². The number of fused-ring (bicyclic) bond motifs is 8. The number of allylic oxidation sites excluding steroid dienone is 1. The van der Waals surface area contributed by atoms with E-state index in [1.165, 1.54) is 111 Å². The number of hydrogen-bond donors (Lipinski definition) is 0. The Morgan fingerprint density at radius 2 is 0.915 bits per heavy atom. The van der Waals surface area contributed by atoms with Gasteiger partial charge in [0.2, 0.25) is 0 Å². The summed E-state index contributed by atoms with van der Waals surface area (Å²) in [6, 6.07) is 73.4. The third kappa shape index (κ3) is 7.09. The Morgan fingerprint density at radius 3 is 1.45 bits per heavy atom. The number of rotatable bonds is 7. The van der Waals surface area contributed by atoms with E-state index in [0.29, 0.717) is 0 Å². The van der Waals surface area contributed by atoms with E-state index in [9.17, 15) is 0 Å². The van der Waals surface area contributed by atoms with Crippen molar-refractivity contribution < 1.29 is 0 Å². The quantitative estimate of drug-likeness (QED) is 0.148. The average molecular weight is 918 g/mol. The lowest BCUT2D eigenvalue weighted by Crippen LogP contribution is -2.61. The molecule has 0 unspecified atom stereocenters. The third-order valence-electron chi connectivity index (χ3n) is 15.1. The highest BCUT2D eigenvalue weighted by atomic mass is 15.2. The summed E-state index contributed by atoms with van der Waals surface area (Å²) in [4.78, 5) is 7.89. The Labute approximate surface area is 420 Å². The first-order valence-corrected chi connectivity index (χ1v) is 25.5. The highest BCUT2D eigenvalue weighted by molar-refractivity contribution is 7.00. The molecule has 0 N–H and O–H groups in total. The van der Waals surface area contributed by atoms with Gasteiger partial charge in [-0.15, -0.1) is 0 Å². The minimum atomic E-state index is -0.155. The molecule has 12 rings (SSSR count). The maximum atomic E-state index is 2.65. The third-order valence-corrected chi connectivity index (χ3v) is 15.1. The van der Waals surface area contributed by atoms with Crippen LogP contribution in [0.25, 0.3) is 38.4 Å². The van der Waals surface area contributed by atoms with Gasteiger partial charge in [0.1, 0.15) is 0 Å². The SMILES string of the molecule is C/C=C\c1c(CC)ccc2c1N(c1cccc3ccccc13)c1cc(N(c3ccccc3C(C)(C)C)c3ccccc3C(C)(C)C)cc3c1B2c1ccc2ccccc2c1N3c1cccc2ccccc12. The van der Waals surface area contributed by atoms with Gasteiger partial charge in [0, 0.05) is 55.8 Å². The summed E-state index contributed by atoms with van der Waals surface area (Å²) in [5, 5.41) is 7.31. The fraction of sp³-hybridized carbons (Fsp3) is 0.164. The average Bonchev–Trinajstić information content (AvgIpc) is 3.38. The number of nitrogens with zero attached hydrogens (tertiary/aromatic N) is 3. The second kappa shape index (κ2) is 17.0. The van der Waals surface area contributed by atoms with E-state index in [-0.39, 0.29) is 17.5 Å². The molecule has 2 aliphatic rings. The number of para-hydroxylation sites is 2. The standard InChI is InChI=1S/C67H60BN3/c1-9-23-51-44(10-2)38-40-55-64(51)70(57-36-21-27-45-24-11-14-29-49(45)57)61-42-48(69(59-34-19-17-32-53(59)66(3,4)5)60-35-20-18-33-54(60)67(6,7)8)43-62-63(61)68(55)56-41-39-47-26-13-16-31-52(47)65(56)71(62)58-37-22-28-46-25-12-15-30-50(46)58/h9,11-43H,10H2,1-8H3/b23-9-. The first-order valence-electron chi connectivity index (χ1n) is 25.5. The zero-order valence-electron chi connectivity index (χ0n) is 42.3. The van der Waals surface area contributed by atoms with Crippen molar-refractivity contribution in [1.29, 1.82) is 0 Å². The molecular formula is C67H60BN3. The zero-order chi connectivity index (χ0) is 48.8. The van der Waals surface area contributed by atoms with Crippen molar-refractivity contribution in [2.75, 3.05) is 14.7 Å². The van der Waals surface area contributed by atoms with E-state index >= 15 is 0 Å². The Kier molecular flexibility index (Phi) is 10.6. The molecule has 0 bridgehead atoms. The van der Waals surface area contributed by atoms with E-state index < -0.39 is 0 Å². The van der Waals surface area contributed by atoms with Crippen LogP contribution in [0.5, 0.6) is 0 Å². The lowest BCUT2D eigenvalue weighted by molar-refractivity contribution is 0.587. The van der Waals surface area contributed by atoms with Gasteiger partial charge in [0.25, 0.3) is 6.71 Å². The van der Waals surface area contributed by atoms with Crippen molar-refractivity contribution in [3.05, 3.63) is 222 Å². The van der Waals surface area contributed by atoms with Gasteiger partial charge in [-0.3, -0.25) is 0 Å². The molecule has 4 heteroatoms. The minimum absolute atomic E-state index is 0.0757. The molecular weight excluding hydrogens is 858 g/mol. The van der Waals surface area contributed by atoms with Crippen LogP contribution in [-0.4, -0.2) is 6.71 Å². The molecule has 346 valence electrons. The van der Waals surface area contributed by atoms with Gasteiger partial charge >= 0.3 is 0 Å². The Hall–Kier alpha value is -7.82. The first kappa shape index (κ1) is 44.4. The molecule has 2 aliphatic heterocycles. The van der Waals surface area contributed by atoms with Crippen molar-refractivity contribution >= 4 is 113 Å². The van der Waals surface area contributed by atoms with E-state index in [2.05, 4.69) is 276 Å². The summed E-state index contributed by atoms with van der Waals surface area (Å²) in [7, 11) is 0. The second-order valence-corrected chi connectivity index (χ2v) is 21.5. The van der Waals surface area contributed by atoms with Gasteiger partial charge < -0.3 is 14.7 Å². The molecule has 0 aliphatic carbocycles. The van der Waals surface area contributed by atoms with E-state index in [1.54, 1.807) is 0 Å². The minimum Gasteiger partial charge on any atom is -0.310 e. The summed E-state index contributed by atoms with van der Waals surface area (Å²) < 4.78 is 0. The van der Waals surface area contributed by atoms with Gasteiger partial charge in [-0.2, -0.15) is 0 Å². The van der Waals surface area contributed by atoms with E-state index in [0.717, 1.165) is 17.8 Å². The van der Waals surface area contributed by atoms with Crippen molar-refractivity contribution in [2.45, 2.75) is 72.6 Å². The fourth-order valence-electron chi connectivity index (χ4n) is 12.0. The number of aryl methyl sites for hydroxylation is 1. The topological polar surface area (TPSA) is 9.72 Å². The van der Waals surface area contributed by atoms with Crippen LogP contribution >= 0.6 is 0 Å². The molecule has 0 fully saturated rings. The summed E-state index contributed by atoms with van der Waals surface area (Å²) in [6.07, 6.45) is 5.51. The summed E-state index contributed by atoms with van der Waals surface area (Å²) >= 11 is 0. The zero-order valence-corrected chi connectivity index (χ0v) is 42.3. The maximum Gasteiger partial charge on any atom is 0.252 e. The molecule has 10 aromatic rings. The van der Waals surface area contributed by atoms with E-state index in [1.807, 2.05) is 0 Å². The van der Waals surface area contributed by atoms with Crippen LogP contribution in [0.15, 0.2) is 200 Å². The molecule has 0 atom stereocenters. The van der Waals surface area contributed by atoms with Crippen LogP contribution in [0.3, 0.4) is 0 Å². The molecule has 71 heavy (non-hydrogen) atoms. The maximum absolute atomic E-state index is 2.65. The molecule has 0 amide bonds. The van der Waals surface area contributed by atoms with Crippen molar-refractivity contribution in [3.63, 3.8) is 0 Å². The Bertz CT molecular complexity index is 3710. The molecule has 10 aromatic carbocycles. The lowest BCUT2D eigenvalue weighted by Gasteiger charge is -2.46. The molecule has 0 spiro atoms. The molecule has 0 radical (unpaired) electrons. The van der Waals surface area contributed by atoms with Crippen molar-refractivity contribution in [2.24, 2.45) is 0 Å². The van der Waals surface area contributed by atoms with Gasteiger partial charge in [-0.05, 0) is 110 Å². The summed E-state index contributed by atoms with van der Waals surface area (Å²) in [5.74, 6) is 0. The number of hydrogen-bond acceptors (Lipinski definition) is 3. The number of anilines is 9. The summed E-state index contributed by atoms with van der Waals surface area (Å²) in [5.41, 5.74) is 19.4. The molecule has 2 heterocycles. The summed E-state index contributed by atoms with van der Waals surface area (Å²) in [6.45, 7) is 18.5. The van der Waals surface area contributed by atoms with Crippen LogP contribution in [-0.2, 0) is 17.3 Å². The predicted octanol–water partition coefficient (Wildman–Crippen LogP) is 16.9. The van der Waals surface area contributed by atoms with Gasteiger partial charge in [0.15, 0.2) is 0 Å². The monoisotopic (exact) mass is 917 g/mol. The lowest BCUT2D eigenvalue weighted by atomic mass is 9.33. The van der Waals surface area contributed by atoms with E-state index in [4.69, 9.17) is 0 Å². The highest BCUT2D eigenvalue weighted by Gasteiger charge is 2.46. The van der Waals surface area contributed by atoms with Gasteiger partial charge in [-0.25, -0.2) is 0 Å². The highest BCUT2D eigenvalue weighted by Crippen LogP contribution is 2.53. The first-order chi connectivity index (χ1) is 34.5. The number of benzene rings is 10. The fourth-order valence-corrected chi connectivity index (χ4v) is 12.0. The normalized spacial score (nSPS) is 13.3. The smallest absolute Gasteiger partial charge is 0.252 e. The second-order valence-electron chi connectivity index (χ2n) is 21.5. The van der Waals surface area contributed by atoms with Crippen LogP contribution in [0.4, 0.5) is 51.2 Å². The molecule has 3 nitrogen and oxygen atoms in total. The Morgan fingerprint density at radius 1 is 0.465 bits per heavy atom. The predicted molar refractivity (Wildman–Crippen MR) is 309 cm³/mol. The molecule has 0 saturated heterocycles. The van der Waals surface area contributed by atoms with Crippen LogP contribution < -0.4 is 31.1 Å². The van der Waals surface area contributed by atoms with Crippen LogP contribution in [0.2, 0.25) is 0 Å². The Balaban J connectivity index is 1.32. The van der Waals surface area contributed by atoms with Gasteiger partial charge in [-0.1, -0.05) is 218 Å².